The molecule has 2 aromatic heterocycles. The van der Waals surface area contributed by atoms with E-state index < -0.39 is 0 Å². The molecule has 1 aromatic carbocycles. The largest absolute Gasteiger partial charge is 0.371 e. The summed E-state index contributed by atoms with van der Waals surface area (Å²) in [5.74, 6) is 1.21. The van der Waals surface area contributed by atoms with Crippen molar-refractivity contribution in [1.82, 2.24) is 19.9 Å². The van der Waals surface area contributed by atoms with Crippen LogP contribution in [-0.4, -0.2) is 19.9 Å². The average molecular weight is 311 g/mol. The van der Waals surface area contributed by atoms with E-state index in [1.165, 1.54) is 11.1 Å². The number of nitrogens with zero attached hydrogens (tertiary/aromatic N) is 4. The number of aromatic nitrogens is 4. The highest BCUT2D eigenvalue weighted by molar-refractivity contribution is 5.52. The number of nitrogens with one attached hydrogen (secondary N) is 1. The Labute approximate surface area is 135 Å². The van der Waals surface area contributed by atoms with Gasteiger partial charge in [0, 0.05) is 0 Å². The second-order valence-electron chi connectivity index (χ2n) is 5.89. The van der Waals surface area contributed by atoms with Gasteiger partial charge in [0.15, 0.2) is 5.82 Å². The molecule has 23 heavy (non-hydrogen) atoms. The molecule has 0 saturated carbocycles. The van der Waals surface area contributed by atoms with Crippen LogP contribution >= 0.6 is 0 Å². The molecule has 0 aliphatic rings. The lowest BCUT2D eigenvalue weighted by atomic mass is 10.1. The van der Waals surface area contributed by atoms with E-state index in [0.29, 0.717) is 11.7 Å². The van der Waals surface area contributed by atoms with Crippen molar-refractivity contribution in [2.24, 2.45) is 0 Å². The van der Waals surface area contributed by atoms with Gasteiger partial charge in [0.2, 0.25) is 5.89 Å². The highest BCUT2D eigenvalue weighted by atomic mass is 16.5. The van der Waals surface area contributed by atoms with Crippen molar-refractivity contribution in [2.45, 2.75) is 40.7 Å². The van der Waals surface area contributed by atoms with E-state index in [0.717, 1.165) is 17.1 Å². The standard InChI is InChI=1S/C17H21N5O/c1-10-6-7-11(2)16(8-10)22-13(4)15(9-18-22)19-12(3)17-20-14(5)21-23-17/h6-9,12,19H,1-5H3. The zero-order valence-electron chi connectivity index (χ0n) is 14.1. The Morgan fingerprint density at radius 2 is 1.96 bits per heavy atom. The monoisotopic (exact) mass is 311 g/mol. The van der Waals surface area contributed by atoms with E-state index in [4.69, 9.17) is 4.52 Å². The van der Waals surface area contributed by atoms with Crippen LogP contribution in [0.25, 0.3) is 5.69 Å². The fourth-order valence-electron chi connectivity index (χ4n) is 2.53. The number of anilines is 1. The van der Waals surface area contributed by atoms with Crippen LogP contribution in [0.5, 0.6) is 0 Å². The van der Waals surface area contributed by atoms with Crippen LogP contribution in [0.4, 0.5) is 5.69 Å². The fraction of sp³-hybridized carbons (Fsp3) is 0.353. The maximum absolute atomic E-state index is 5.21. The molecule has 0 amide bonds. The molecule has 120 valence electrons. The molecule has 2 heterocycles. The van der Waals surface area contributed by atoms with Gasteiger partial charge in [-0.25, -0.2) is 4.68 Å². The molecule has 0 fully saturated rings. The molecule has 6 heteroatoms. The molecule has 6 nitrogen and oxygen atoms in total. The van der Waals surface area contributed by atoms with Gasteiger partial charge in [0.25, 0.3) is 0 Å². The van der Waals surface area contributed by atoms with E-state index in [1.807, 2.05) is 31.6 Å². The Kier molecular flexibility index (Phi) is 3.90. The van der Waals surface area contributed by atoms with Crippen LogP contribution in [0.2, 0.25) is 0 Å². The minimum atomic E-state index is -0.0776. The van der Waals surface area contributed by atoms with E-state index >= 15 is 0 Å². The summed E-state index contributed by atoms with van der Waals surface area (Å²) in [6.07, 6.45) is 1.83. The third kappa shape index (κ3) is 2.97. The quantitative estimate of drug-likeness (QED) is 0.796. The van der Waals surface area contributed by atoms with E-state index in [9.17, 15) is 0 Å². The molecule has 1 unspecified atom stereocenters. The van der Waals surface area contributed by atoms with Crippen LogP contribution in [0, 0.1) is 27.7 Å². The molecule has 0 radical (unpaired) electrons. The third-order valence-corrected chi connectivity index (χ3v) is 3.89. The molecule has 0 bridgehead atoms. The zero-order valence-corrected chi connectivity index (χ0v) is 14.1. The van der Waals surface area contributed by atoms with Crippen molar-refractivity contribution in [1.29, 1.82) is 0 Å². The van der Waals surface area contributed by atoms with Gasteiger partial charge in [-0.2, -0.15) is 10.1 Å². The Morgan fingerprint density at radius 1 is 1.17 bits per heavy atom. The van der Waals surface area contributed by atoms with Crippen molar-refractivity contribution in [3.63, 3.8) is 0 Å². The molecule has 0 aliphatic carbocycles. The minimum absolute atomic E-state index is 0.0776. The molecular weight excluding hydrogens is 290 g/mol. The van der Waals surface area contributed by atoms with Gasteiger partial charge >= 0.3 is 0 Å². The van der Waals surface area contributed by atoms with Crippen LogP contribution in [0.15, 0.2) is 28.9 Å². The van der Waals surface area contributed by atoms with E-state index in [1.54, 1.807) is 0 Å². The van der Waals surface area contributed by atoms with Crippen LogP contribution < -0.4 is 5.32 Å². The molecule has 1 atom stereocenters. The molecule has 1 N–H and O–H groups in total. The third-order valence-electron chi connectivity index (χ3n) is 3.89. The molecule has 0 spiro atoms. The first-order chi connectivity index (χ1) is 11.0. The van der Waals surface area contributed by atoms with Crippen molar-refractivity contribution in [3.8, 4) is 5.69 Å². The first-order valence-corrected chi connectivity index (χ1v) is 7.64. The summed E-state index contributed by atoms with van der Waals surface area (Å²) >= 11 is 0. The van der Waals surface area contributed by atoms with Crippen LogP contribution in [0.1, 0.15) is 41.5 Å². The van der Waals surface area contributed by atoms with Gasteiger partial charge in [0.1, 0.15) is 6.04 Å². The highest BCUT2D eigenvalue weighted by Crippen LogP contribution is 2.25. The SMILES string of the molecule is Cc1ccc(C)c(-n2ncc(NC(C)c3nc(C)no3)c2C)c1. The highest BCUT2D eigenvalue weighted by Gasteiger charge is 2.16. The average Bonchev–Trinajstić information content (AvgIpc) is 3.09. The van der Waals surface area contributed by atoms with Gasteiger partial charge in [-0.3, -0.25) is 0 Å². The Bertz CT molecular complexity index is 833. The molecule has 0 saturated heterocycles. The maximum atomic E-state index is 5.21. The van der Waals surface area contributed by atoms with Crippen molar-refractivity contribution >= 4 is 5.69 Å². The Morgan fingerprint density at radius 3 is 2.65 bits per heavy atom. The first kappa shape index (κ1) is 15.3. The lowest BCUT2D eigenvalue weighted by Crippen LogP contribution is -2.08. The molecule has 3 aromatic rings. The normalized spacial score (nSPS) is 12.4. The van der Waals surface area contributed by atoms with Crippen molar-refractivity contribution < 1.29 is 4.52 Å². The minimum Gasteiger partial charge on any atom is -0.371 e. The smallest absolute Gasteiger partial charge is 0.248 e. The predicted molar refractivity (Wildman–Crippen MR) is 88.8 cm³/mol. The summed E-state index contributed by atoms with van der Waals surface area (Å²) in [6, 6.07) is 6.29. The number of rotatable bonds is 4. The van der Waals surface area contributed by atoms with Crippen molar-refractivity contribution in [2.75, 3.05) is 5.32 Å². The first-order valence-electron chi connectivity index (χ1n) is 7.64. The Balaban J connectivity index is 1.89. The number of hydrogen-bond acceptors (Lipinski definition) is 5. The fourth-order valence-corrected chi connectivity index (χ4v) is 2.53. The van der Waals surface area contributed by atoms with Gasteiger partial charge in [-0.15, -0.1) is 0 Å². The summed E-state index contributed by atoms with van der Waals surface area (Å²) in [7, 11) is 0. The second-order valence-corrected chi connectivity index (χ2v) is 5.89. The molecule has 0 aliphatic heterocycles. The summed E-state index contributed by atoms with van der Waals surface area (Å²) in [5, 5.41) is 11.7. The van der Waals surface area contributed by atoms with Gasteiger partial charge in [-0.1, -0.05) is 17.3 Å². The number of aryl methyl sites for hydroxylation is 3. The lowest BCUT2D eigenvalue weighted by molar-refractivity contribution is 0.364. The topological polar surface area (TPSA) is 68.8 Å². The Hall–Kier alpha value is -2.63. The van der Waals surface area contributed by atoms with Gasteiger partial charge in [-0.05, 0) is 51.8 Å². The van der Waals surface area contributed by atoms with E-state index in [-0.39, 0.29) is 6.04 Å². The lowest BCUT2D eigenvalue weighted by Gasteiger charge is -2.12. The maximum Gasteiger partial charge on any atom is 0.248 e. The summed E-state index contributed by atoms with van der Waals surface area (Å²) in [4.78, 5) is 4.26. The zero-order chi connectivity index (χ0) is 16.6. The summed E-state index contributed by atoms with van der Waals surface area (Å²) < 4.78 is 7.17. The molecule has 3 rings (SSSR count). The molecular formula is C17H21N5O. The number of benzene rings is 1. The van der Waals surface area contributed by atoms with Gasteiger partial charge < -0.3 is 9.84 Å². The summed E-state index contributed by atoms with van der Waals surface area (Å²) in [6.45, 7) is 10.0. The number of hydrogen-bond donors (Lipinski definition) is 1. The predicted octanol–water partition coefficient (Wildman–Crippen LogP) is 3.66. The summed E-state index contributed by atoms with van der Waals surface area (Å²) in [5.41, 5.74) is 5.49. The van der Waals surface area contributed by atoms with Crippen LogP contribution in [0.3, 0.4) is 0 Å². The van der Waals surface area contributed by atoms with E-state index in [2.05, 4.69) is 52.6 Å². The van der Waals surface area contributed by atoms with Crippen molar-refractivity contribution in [3.05, 3.63) is 52.9 Å². The second kappa shape index (κ2) is 5.87. The van der Waals surface area contributed by atoms with Gasteiger partial charge in [0.05, 0.1) is 23.3 Å². The van der Waals surface area contributed by atoms with Crippen LogP contribution in [-0.2, 0) is 0 Å².